The Labute approximate surface area is 127 Å². The molecule has 1 saturated heterocycles. The number of nitrogen functional groups attached to an aromatic ring is 1. The van der Waals surface area contributed by atoms with E-state index in [9.17, 15) is 5.11 Å². The molecule has 3 N–H and O–H groups in total. The Hall–Kier alpha value is -1.77. The monoisotopic (exact) mass is 305 g/mol. The van der Waals surface area contributed by atoms with E-state index in [1.165, 1.54) is 6.33 Å². The van der Waals surface area contributed by atoms with E-state index in [2.05, 4.69) is 15.0 Å². The van der Waals surface area contributed by atoms with Gasteiger partial charge in [0.2, 0.25) is 0 Å². The summed E-state index contributed by atoms with van der Waals surface area (Å²) in [5.41, 5.74) is 7.12. The third-order valence-corrected chi connectivity index (χ3v) is 4.53. The van der Waals surface area contributed by atoms with Gasteiger partial charge in [0, 0.05) is 12.5 Å². The number of aliphatic hydroxyl groups excluding tert-OH is 1. The maximum atomic E-state index is 9.65. The summed E-state index contributed by atoms with van der Waals surface area (Å²) in [6, 6.07) is 0.00299. The highest BCUT2D eigenvalue weighted by Gasteiger charge is 2.54. The zero-order valence-electron chi connectivity index (χ0n) is 12.5. The lowest BCUT2D eigenvalue weighted by atomic mass is 10.1. The molecule has 2 aromatic rings. The van der Waals surface area contributed by atoms with Crippen molar-refractivity contribution < 1.29 is 14.6 Å². The van der Waals surface area contributed by atoms with Crippen LogP contribution in [0.3, 0.4) is 0 Å². The zero-order chi connectivity index (χ0) is 15.5. The van der Waals surface area contributed by atoms with Gasteiger partial charge in [-0.3, -0.25) is 0 Å². The minimum atomic E-state index is -0.647. The largest absolute Gasteiger partial charge is 0.396 e. The predicted octanol–water partition coefficient (Wildman–Crippen LogP) is 0.482. The maximum Gasteiger partial charge on any atom is 0.165 e. The first-order chi connectivity index (χ1) is 10.5. The van der Waals surface area contributed by atoms with Gasteiger partial charge in [0.25, 0.3) is 0 Å². The van der Waals surface area contributed by atoms with Crippen LogP contribution in [0, 0.1) is 5.92 Å². The second-order valence-corrected chi connectivity index (χ2v) is 6.39. The van der Waals surface area contributed by atoms with Crippen LogP contribution in [0.25, 0.3) is 11.2 Å². The lowest BCUT2D eigenvalue weighted by Crippen LogP contribution is -2.27. The Morgan fingerprint density at radius 2 is 2.09 bits per heavy atom. The van der Waals surface area contributed by atoms with Gasteiger partial charge < -0.3 is 24.9 Å². The van der Waals surface area contributed by atoms with Gasteiger partial charge in [-0.1, -0.05) is 0 Å². The molecule has 3 heterocycles. The number of hydrogen-bond acceptors (Lipinski definition) is 7. The highest BCUT2D eigenvalue weighted by molar-refractivity contribution is 5.81. The minimum absolute atomic E-state index is 0.00299. The van der Waals surface area contributed by atoms with Crippen molar-refractivity contribution in [2.75, 3.05) is 12.3 Å². The van der Waals surface area contributed by atoms with E-state index < -0.39 is 5.79 Å². The summed E-state index contributed by atoms with van der Waals surface area (Å²) in [4.78, 5) is 12.6. The maximum absolute atomic E-state index is 9.65. The van der Waals surface area contributed by atoms with Crippen molar-refractivity contribution in [3.8, 4) is 0 Å². The van der Waals surface area contributed by atoms with E-state index in [1.54, 1.807) is 6.33 Å². The van der Waals surface area contributed by atoms with Crippen LogP contribution >= 0.6 is 0 Å². The van der Waals surface area contributed by atoms with Crippen LogP contribution in [0.15, 0.2) is 12.7 Å². The minimum Gasteiger partial charge on any atom is -0.396 e. The number of rotatable bonds is 2. The van der Waals surface area contributed by atoms with Crippen LogP contribution in [-0.4, -0.2) is 49.2 Å². The zero-order valence-corrected chi connectivity index (χ0v) is 12.5. The smallest absolute Gasteiger partial charge is 0.165 e. The third kappa shape index (κ3) is 1.91. The summed E-state index contributed by atoms with van der Waals surface area (Å²) in [5.74, 6) is -0.249. The van der Waals surface area contributed by atoms with Crippen molar-refractivity contribution in [1.82, 2.24) is 19.5 Å². The second kappa shape index (κ2) is 4.61. The van der Waals surface area contributed by atoms with Crippen LogP contribution in [0.2, 0.25) is 0 Å². The molecule has 0 amide bonds. The Bertz CT molecular complexity index is 716. The van der Waals surface area contributed by atoms with E-state index in [0.717, 1.165) is 6.42 Å². The summed E-state index contributed by atoms with van der Waals surface area (Å²) in [5, 5.41) is 9.65. The van der Waals surface area contributed by atoms with Gasteiger partial charge >= 0.3 is 0 Å². The summed E-state index contributed by atoms with van der Waals surface area (Å²) < 4.78 is 14.0. The Kier molecular flexibility index (Phi) is 2.91. The molecular weight excluding hydrogens is 286 g/mol. The van der Waals surface area contributed by atoms with E-state index in [0.29, 0.717) is 17.0 Å². The highest BCUT2D eigenvalue weighted by Crippen LogP contribution is 2.47. The SMILES string of the molecule is CC1(C)O[C@@H]2[C@@H](CO)C[C@@H](n3cnc4c(N)ncnc43)[C@@H]2O1. The number of imidazole rings is 1. The Balaban J connectivity index is 1.77. The van der Waals surface area contributed by atoms with E-state index in [-0.39, 0.29) is 30.8 Å². The number of aliphatic hydroxyl groups is 1. The number of nitrogens with zero attached hydrogens (tertiary/aromatic N) is 4. The normalized spacial score (nSPS) is 33.4. The molecule has 8 heteroatoms. The van der Waals surface area contributed by atoms with Gasteiger partial charge in [0.1, 0.15) is 17.9 Å². The fourth-order valence-electron chi connectivity index (χ4n) is 3.62. The first-order valence-electron chi connectivity index (χ1n) is 7.39. The molecular formula is C14H19N5O3. The summed E-state index contributed by atoms with van der Waals surface area (Å²) in [6.07, 6.45) is 3.63. The molecule has 2 aliphatic rings. The quantitative estimate of drug-likeness (QED) is 0.830. The molecule has 1 aliphatic carbocycles. The Morgan fingerprint density at radius 3 is 2.86 bits per heavy atom. The molecule has 2 fully saturated rings. The van der Waals surface area contributed by atoms with E-state index in [1.807, 2.05) is 18.4 Å². The molecule has 0 unspecified atom stereocenters. The van der Waals surface area contributed by atoms with Crippen LogP contribution in [0.4, 0.5) is 5.82 Å². The first-order valence-corrected chi connectivity index (χ1v) is 7.39. The Morgan fingerprint density at radius 1 is 1.32 bits per heavy atom. The van der Waals surface area contributed by atoms with Crippen molar-refractivity contribution in [2.45, 2.75) is 44.3 Å². The van der Waals surface area contributed by atoms with Crippen molar-refractivity contribution in [3.63, 3.8) is 0 Å². The molecule has 0 radical (unpaired) electrons. The average molecular weight is 305 g/mol. The van der Waals surface area contributed by atoms with Gasteiger partial charge in [0.05, 0.1) is 18.5 Å². The molecule has 118 valence electrons. The highest BCUT2D eigenvalue weighted by atomic mass is 16.8. The van der Waals surface area contributed by atoms with Crippen LogP contribution < -0.4 is 5.73 Å². The lowest BCUT2D eigenvalue weighted by Gasteiger charge is -2.23. The van der Waals surface area contributed by atoms with Crippen molar-refractivity contribution in [1.29, 1.82) is 0 Å². The van der Waals surface area contributed by atoms with Crippen molar-refractivity contribution in [2.24, 2.45) is 5.92 Å². The predicted molar refractivity (Wildman–Crippen MR) is 77.8 cm³/mol. The molecule has 1 aliphatic heterocycles. The second-order valence-electron chi connectivity index (χ2n) is 6.39. The topological polar surface area (TPSA) is 108 Å². The number of nitrogens with two attached hydrogens (primary N) is 1. The fraction of sp³-hybridized carbons (Fsp3) is 0.643. The van der Waals surface area contributed by atoms with Gasteiger partial charge in [-0.15, -0.1) is 0 Å². The molecule has 4 rings (SSSR count). The standard InChI is InChI=1S/C14H19N5O3/c1-14(2)21-10-7(4-20)3-8(11(10)22-14)19-6-18-9-12(15)16-5-17-13(9)19/h5-8,10-11,20H,3-4H2,1-2H3,(H2,15,16,17)/t7-,8-,10-,11+/m1/s1. The van der Waals surface area contributed by atoms with Crippen LogP contribution in [0.5, 0.6) is 0 Å². The van der Waals surface area contributed by atoms with Gasteiger partial charge in [0.15, 0.2) is 17.3 Å². The molecule has 4 atom stereocenters. The van der Waals surface area contributed by atoms with Crippen molar-refractivity contribution in [3.05, 3.63) is 12.7 Å². The summed E-state index contributed by atoms with van der Waals surface area (Å²) in [6.45, 7) is 3.85. The fourth-order valence-corrected chi connectivity index (χ4v) is 3.62. The third-order valence-electron chi connectivity index (χ3n) is 4.53. The molecule has 0 aromatic carbocycles. The summed E-state index contributed by atoms with van der Waals surface area (Å²) >= 11 is 0. The molecule has 8 nitrogen and oxygen atoms in total. The molecule has 1 saturated carbocycles. The van der Waals surface area contributed by atoms with Gasteiger partial charge in [-0.05, 0) is 20.3 Å². The first kappa shape index (κ1) is 13.9. The lowest BCUT2D eigenvalue weighted by molar-refractivity contribution is -0.161. The van der Waals surface area contributed by atoms with Crippen LogP contribution in [0.1, 0.15) is 26.3 Å². The van der Waals surface area contributed by atoms with Gasteiger partial charge in [-0.25, -0.2) is 15.0 Å². The van der Waals surface area contributed by atoms with Gasteiger partial charge in [-0.2, -0.15) is 0 Å². The van der Waals surface area contributed by atoms with Crippen LogP contribution in [-0.2, 0) is 9.47 Å². The van der Waals surface area contributed by atoms with E-state index >= 15 is 0 Å². The molecule has 22 heavy (non-hydrogen) atoms. The van der Waals surface area contributed by atoms with E-state index in [4.69, 9.17) is 15.2 Å². The van der Waals surface area contributed by atoms with Crippen molar-refractivity contribution >= 4 is 17.0 Å². The number of anilines is 1. The number of fused-ring (bicyclic) bond motifs is 2. The molecule has 2 aromatic heterocycles. The average Bonchev–Trinajstić information content (AvgIpc) is 3.10. The molecule has 0 spiro atoms. The number of ether oxygens (including phenoxy) is 2. The number of hydrogen-bond donors (Lipinski definition) is 2. The molecule has 0 bridgehead atoms. The summed E-state index contributed by atoms with van der Waals surface area (Å²) in [7, 11) is 0. The number of aromatic nitrogens is 4.